The quantitative estimate of drug-likeness (QED) is 0.558. The smallest absolute Gasteiger partial charge is 0.320 e. The first kappa shape index (κ1) is 15.6. The highest BCUT2D eigenvalue weighted by molar-refractivity contribution is 6.26. The number of rotatable bonds is 6. The van der Waals surface area contributed by atoms with Crippen molar-refractivity contribution in [3.63, 3.8) is 0 Å². The van der Waals surface area contributed by atoms with Crippen LogP contribution >= 0.6 is 23.2 Å². The maximum Gasteiger partial charge on any atom is 0.320 e. The van der Waals surface area contributed by atoms with Gasteiger partial charge in [0.2, 0.25) is 0 Å². The van der Waals surface area contributed by atoms with Gasteiger partial charge in [-0.25, -0.2) is 0 Å². The van der Waals surface area contributed by atoms with Crippen LogP contribution < -0.4 is 0 Å². The zero-order valence-electron chi connectivity index (χ0n) is 10.2. The van der Waals surface area contributed by atoms with Crippen molar-refractivity contribution in [3.05, 3.63) is 0 Å². The van der Waals surface area contributed by atoms with E-state index in [1.54, 1.807) is 0 Å². The first-order valence-corrected chi connectivity index (χ1v) is 7.15. The second-order valence-electron chi connectivity index (χ2n) is 4.52. The third kappa shape index (κ3) is 5.91. The van der Waals surface area contributed by atoms with Crippen LogP contribution in [-0.4, -0.2) is 36.9 Å². The average molecular weight is 297 g/mol. The lowest BCUT2D eigenvalue weighted by atomic mass is 9.83. The van der Waals surface area contributed by atoms with Crippen LogP contribution in [0.1, 0.15) is 25.7 Å². The van der Waals surface area contributed by atoms with Crippen LogP contribution in [0.5, 0.6) is 0 Å². The topological polar surface area (TPSA) is 52.6 Å². The minimum absolute atomic E-state index is 0.0935. The lowest BCUT2D eigenvalue weighted by Crippen LogP contribution is -2.24. The molecule has 1 aliphatic rings. The van der Waals surface area contributed by atoms with Crippen LogP contribution in [0, 0.1) is 11.8 Å². The van der Waals surface area contributed by atoms with Gasteiger partial charge in [-0.05, 0) is 37.5 Å². The van der Waals surface area contributed by atoms with E-state index in [0.29, 0.717) is 25.0 Å². The average Bonchev–Trinajstić information content (AvgIpc) is 2.43. The van der Waals surface area contributed by atoms with Crippen molar-refractivity contribution in [3.8, 4) is 0 Å². The predicted molar refractivity (Wildman–Crippen MR) is 68.8 cm³/mol. The molecular formula is C12H18Cl2O4. The Labute approximate surface area is 117 Å². The Bertz CT molecular complexity index is 247. The number of carbonyl (C=O) groups is 2. The van der Waals surface area contributed by atoms with E-state index in [0.717, 1.165) is 25.7 Å². The van der Waals surface area contributed by atoms with Gasteiger partial charge in [0, 0.05) is 0 Å². The van der Waals surface area contributed by atoms with Gasteiger partial charge in [-0.3, -0.25) is 9.59 Å². The predicted octanol–water partition coefficient (Wildman–Crippen LogP) is 2.36. The Kier molecular flexibility index (Phi) is 7.44. The number of hydrogen-bond donors (Lipinski definition) is 0. The summed E-state index contributed by atoms with van der Waals surface area (Å²) >= 11 is 10.7. The number of carbonyl (C=O) groups excluding carboxylic acids is 2. The zero-order valence-corrected chi connectivity index (χ0v) is 11.7. The van der Waals surface area contributed by atoms with E-state index in [2.05, 4.69) is 0 Å². The van der Waals surface area contributed by atoms with Crippen molar-refractivity contribution in [2.75, 3.05) is 25.0 Å². The molecule has 1 saturated carbocycles. The molecule has 0 atom stereocenters. The lowest BCUT2D eigenvalue weighted by Gasteiger charge is -2.27. The van der Waals surface area contributed by atoms with Crippen LogP contribution in [0.4, 0.5) is 0 Å². The summed E-state index contributed by atoms with van der Waals surface area (Å²) in [4.78, 5) is 21.8. The van der Waals surface area contributed by atoms with Gasteiger partial charge in [0.25, 0.3) is 0 Å². The molecule has 1 rings (SSSR count). The molecule has 0 amide bonds. The van der Waals surface area contributed by atoms with E-state index in [4.69, 9.17) is 32.7 Å². The maximum atomic E-state index is 10.9. The lowest BCUT2D eigenvalue weighted by molar-refractivity contribution is -0.144. The first-order chi connectivity index (χ1) is 8.65. The minimum Gasteiger partial charge on any atom is -0.465 e. The molecule has 0 spiro atoms. The summed E-state index contributed by atoms with van der Waals surface area (Å²) in [6.45, 7) is 0.888. The summed E-state index contributed by atoms with van der Waals surface area (Å²) in [6.07, 6.45) is 3.94. The highest BCUT2D eigenvalue weighted by atomic mass is 35.5. The maximum absolute atomic E-state index is 10.9. The molecular weight excluding hydrogens is 279 g/mol. The second kappa shape index (κ2) is 8.59. The highest BCUT2D eigenvalue weighted by Gasteiger charge is 2.23. The van der Waals surface area contributed by atoms with Gasteiger partial charge < -0.3 is 9.47 Å². The van der Waals surface area contributed by atoms with Crippen molar-refractivity contribution in [1.29, 1.82) is 0 Å². The molecule has 0 heterocycles. The molecule has 0 radical (unpaired) electrons. The van der Waals surface area contributed by atoms with Crippen molar-refractivity contribution in [2.24, 2.45) is 11.8 Å². The summed E-state index contributed by atoms with van der Waals surface area (Å²) in [5.41, 5.74) is 0. The van der Waals surface area contributed by atoms with Crippen molar-refractivity contribution >= 4 is 35.1 Å². The molecule has 104 valence electrons. The third-order valence-electron chi connectivity index (χ3n) is 3.14. The summed E-state index contributed by atoms with van der Waals surface area (Å²) < 4.78 is 10.0. The minimum atomic E-state index is -0.366. The molecule has 18 heavy (non-hydrogen) atoms. The molecule has 6 heteroatoms. The zero-order chi connectivity index (χ0) is 13.4. The number of esters is 2. The summed E-state index contributed by atoms with van der Waals surface area (Å²) in [7, 11) is 0. The number of ether oxygens (including phenoxy) is 2. The third-order valence-corrected chi connectivity index (χ3v) is 3.58. The van der Waals surface area contributed by atoms with Gasteiger partial charge in [-0.2, -0.15) is 0 Å². The van der Waals surface area contributed by atoms with Gasteiger partial charge in [-0.15, -0.1) is 23.2 Å². The van der Waals surface area contributed by atoms with Crippen molar-refractivity contribution < 1.29 is 19.1 Å². The summed E-state index contributed by atoms with van der Waals surface area (Å²) in [5.74, 6) is -0.119. The fourth-order valence-electron chi connectivity index (χ4n) is 2.06. The van der Waals surface area contributed by atoms with E-state index >= 15 is 0 Å². The van der Waals surface area contributed by atoms with E-state index in [1.165, 1.54) is 0 Å². The van der Waals surface area contributed by atoms with E-state index in [1.807, 2.05) is 0 Å². The molecule has 0 aromatic rings. The van der Waals surface area contributed by atoms with Crippen molar-refractivity contribution in [1.82, 2.24) is 0 Å². The molecule has 4 nitrogen and oxygen atoms in total. The van der Waals surface area contributed by atoms with E-state index in [9.17, 15) is 9.59 Å². The molecule has 0 bridgehead atoms. The van der Waals surface area contributed by atoms with E-state index < -0.39 is 0 Å². The van der Waals surface area contributed by atoms with Gasteiger partial charge in [0.05, 0.1) is 13.2 Å². The Balaban J connectivity index is 2.12. The molecule has 0 aromatic heterocycles. The number of hydrogen-bond acceptors (Lipinski definition) is 4. The van der Waals surface area contributed by atoms with Crippen LogP contribution in [0.25, 0.3) is 0 Å². The normalized spacial score (nSPS) is 23.4. The second-order valence-corrected chi connectivity index (χ2v) is 5.05. The van der Waals surface area contributed by atoms with Gasteiger partial charge >= 0.3 is 11.9 Å². The Morgan fingerprint density at radius 2 is 1.17 bits per heavy atom. The van der Waals surface area contributed by atoms with Gasteiger partial charge in [0.15, 0.2) is 0 Å². The number of halogens is 2. The standard InChI is InChI=1S/C12H18Cl2O4/c13-5-11(15)17-7-9-1-2-10(4-3-9)8-18-12(16)6-14/h9-10H,1-8H2. The first-order valence-electron chi connectivity index (χ1n) is 6.08. The molecule has 0 saturated heterocycles. The van der Waals surface area contributed by atoms with Crippen LogP contribution in [0.3, 0.4) is 0 Å². The monoisotopic (exact) mass is 296 g/mol. The Morgan fingerprint density at radius 3 is 1.44 bits per heavy atom. The molecule has 0 N–H and O–H groups in total. The molecule has 0 aliphatic heterocycles. The summed E-state index contributed by atoms with van der Waals surface area (Å²) in [6, 6.07) is 0. The SMILES string of the molecule is O=C(CCl)OCC1CCC(COC(=O)CCl)CC1. The van der Waals surface area contributed by atoms with Gasteiger partial charge in [0.1, 0.15) is 11.8 Å². The fraction of sp³-hybridized carbons (Fsp3) is 0.833. The number of alkyl halides is 2. The largest absolute Gasteiger partial charge is 0.465 e. The van der Waals surface area contributed by atoms with Crippen LogP contribution in [-0.2, 0) is 19.1 Å². The Morgan fingerprint density at radius 1 is 0.833 bits per heavy atom. The molecule has 1 fully saturated rings. The van der Waals surface area contributed by atoms with E-state index in [-0.39, 0.29) is 23.7 Å². The Hall–Kier alpha value is -0.480. The fourth-order valence-corrected chi connectivity index (χ4v) is 2.22. The van der Waals surface area contributed by atoms with Gasteiger partial charge in [-0.1, -0.05) is 0 Å². The highest BCUT2D eigenvalue weighted by Crippen LogP contribution is 2.29. The molecule has 1 aliphatic carbocycles. The molecule has 0 unspecified atom stereocenters. The van der Waals surface area contributed by atoms with Crippen LogP contribution in [0.15, 0.2) is 0 Å². The summed E-state index contributed by atoms with van der Waals surface area (Å²) in [5, 5.41) is 0. The molecule has 0 aromatic carbocycles. The van der Waals surface area contributed by atoms with Crippen LogP contribution in [0.2, 0.25) is 0 Å². The van der Waals surface area contributed by atoms with Crippen molar-refractivity contribution in [2.45, 2.75) is 25.7 Å².